The van der Waals surface area contributed by atoms with Crippen molar-refractivity contribution in [1.29, 1.82) is 0 Å². The quantitative estimate of drug-likeness (QED) is 0.669. The van der Waals surface area contributed by atoms with Gasteiger partial charge in [0.25, 0.3) is 11.8 Å². The highest BCUT2D eigenvalue weighted by Gasteiger charge is 2.27. The molecule has 154 valence electrons. The van der Waals surface area contributed by atoms with Crippen molar-refractivity contribution in [2.45, 2.75) is 19.8 Å². The molecule has 0 saturated carbocycles. The Morgan fingerprint density at radius 1 is 1.10 bits per heavy atom. The first-order valence-electron chi connectivity index (χ1n) is 9.72. The summed E-state index contributed by atoms with van der Waals surface area (Å²) in [5, 5.41) is 8.77. The fraction of sp³-hybridized carbons (Fsp3) is 0.364. The number of benzene rings is 2. The molecule has 0 unspecified atom stereocenters. The summed E-state index contributed by atoms with van der Waals surface area (Å²) in [5.74, 6) is -0.960. The number of nitrogens with one attached hydrogen (secondary N) is 3. The number of hydrogen-bond acceptors (Lipinski definition) is 4. The van der Waals surface area contributed by atoms with E-state index in [1.807, 2.05) is 0 Å². The molecule has 2 amide bonds. The van der Waals surface area contributed by atoms with Crippen molar-refractivity contribution in [2.24, 2.45) is 5.41 Å². The Kier molecular flexibility index (Phi) is 6.82. The van der Waals surface area contributed by atoms with Gasteiger partial charge in [0.2, 0.25) is 0 Å². The first-order chi connectivity index (χ1) is 14.0. The number of anilines is 1. The summed E-state index contributed by atoms with van der Waals surface area (Å²) >= 11 is 0. The van der Waals surface area contributed by atoms with Crippen molar-refractivity contribution in [3.63, 3.8) is 0 Å². The molecule has 1 aliphatic heterocycles. The molecule has 1 saturated heterocycles. The molecule has 1 heterocycles. The van der Waals surface area contributed by atoms with Crippen molar-refractivity contribution < 1.29 is 18.7 Å². The summed E-state index contributed by atoms with van der Waals surface area (Å²) in [6.07, 6.45) is 2.00. The normalized spacial score (nSPS) is 15.4. The molecule has 3 rings (SSSR count). The van der Waals surface area contributed by atoms with Gasteiger partial charge < -0.3 is 20.7 Å². The van der Waals surface area contributed by atoms with E-state index in [1.54, 1.807) is 36.4 Å². The molecule has 0 bridgehead atoms. The smallest absolute Gasteiger partial charge is 0.262 e. The van der Waals surface area contributed by atoms with Crippen LogP contribution in [0.4, 0.5) is 10.1 Å². The van der Waals surface area contributed by atoms with E-state index < -0.39 is 11.7 Å². The van der Waals surface area contributed by atoms with Crippen LogP contribution in [0.1, 0.15) is 30.1 Å². The number of halogens is 1. The molecule has 0 aromatic heterocycles. The Bertz CT molecular complexity index is 866. The third-order valence-electron chi connectivity index (χ3n) is 5.12. The average Bonchev–Trinajstić information content (AvgIpc) is 2.73. The monoisotopic (exact) mass is 399 g/mol. The van der Waals surface area contributed by atoms with Gasteiger partial charge in [0.05, 0.1) is 11.3 Å². The molecular weight excluding hydrogens is 373 g/mol. The number of amides is 2. The minimum atomic E-state index is -0.521. The van der Waals surface area contributed by atoms with Gasteiger partial charge in [0.1, 0.15) is 11.6 Å². The van der Waals surface area contributed by atoms with Crippen LogP contribution in [0.2, 0.25) is 0 Å². The van der Waals surface area contributed by atoms with Gasteiger partial charge in [-0.25, -0.2) is 4.39 Å². The largest absolute Gasteiger partial charge is 0.483 e. The molecule has 1 aliphatic rings. The van der Waals surface area contributed by atoms with Crippen LogP contribution < -0.4 is 20.7 Å². The van der Waals surface area contributed by atoms with Crippen molar-refractivity contribution >= 4 is 17.5 Å². The summed E-state index contributed by atoms with van der Waals surface area (Å²) in [7, 11) is 0. The second-order valence-corrected chi connectivity index (χ2v) is 7.56. The number of carbonyl (C=O) groups is 2. The van der Waals surface area contributed by atoms with Gasteiger partial charge in [-0.15, -0.1) is 0 Å². The molecule has 2 aromatic rings. The van der Waals surface area contributed by atoms with Gasteiger partial charge >= 0.3 is 0 Å². The zero-order valence-electron chi connectivity index (χ0n) is 16.5. The molecule has 3 N–H and O–H groups in total. The van der Waals surface area contributed by atoms with Crippen LogP contribution in [0.25, 0.3) is 0 Å². The number of hydrogen-bond donors (Lipinski definition) is 3. The first-order valence-corrected chi connectivity index (χ1v) is 9.72. The van der Waals surface area contributed by atoms with E-state index in [0.29, 0.717) is 17.9 Å². The van der Waals surface area contributed by atoms with Crippen molar-refractivity contribution in [1.82, 2.24) is 10.6 Å². The molecule has 0 atom stereocenters. The van der Waals surface area contributed by atoms with Crippen LogP contribution in [0.3, 0.4) is 0 Å². The van der Waals surface area contributed by atoms with Crippen LogP contribution in [-0.4, -0.2) is 38.1 Å². The number of piperidine rings is 1. The topological polar surface area (TPSA) is 79.5 Å². The van der Waals surface area contributed by atoms with E-state index in [1.165, 1.54) is 12.1 Å². The maximum atomic E-state index is 13.6. The highest BCUT2D eigenvalue weighted by molar-refractivity contribution is 5.97. The van der Waals surface area contributed by atoms with Crippen LogP contribution in [0.5, 0.6) is 5.75 Å². The summed E-state index contributed by atoms with van der Waals surface area (Å²) in [6, 6.07) is 12.7. The molecule has 6 nitrogen and oxygen atoms in total. The number of ether oxygens (including phenoxy) is 1. The Balaban J connectivity index is 1.57. The Labute approximate surface area is 169 Å². The van der Waals surface area contributed by atoms with Crippen LogP contribution in [-0.2, 0) is 4.79 Å². The second-order valence-electron chi connectivity index (χ2n) is 7.56. The van der Waals surface area contributed by atoms with Crippen molar-refractivity contribution in [3.05, 3.63) is 59.9 Å². The standard InChI is InChI=1S/C22H26FN3O3/c1-22(10-12-24-13-11-22)15-25-21(28)16-6-2-5-9-19(16)29-14-20(27)26-18-8-4-3-7-17(18)23/h2-9,24H,10-15H2,1H3,(H,25,28)(H,26,27). The maximum absolute atomic E-state index is 13.6. The number of rotatable bonds is 7. The second kappa shape index (κ2) is 9.52. The fourth-order valence-electron chi connectivity index (χ4n) is 3.27. The Morgan fingerprint density at radius 3 is 2.55 bits per heavy atom. The lowest BCUT2D eigenvalue weighted by molar-refractivity contribution is -0.118. The van der Waals surface area contributed by atoms with Gasteiger partial charge in [-0.3, -0.25) is 9.59 Å². The molecule has 7 heteroatoms. The minimum absolute atomic E-state index is 0.0658. The van der Waals surface area contributed by atoms with E-state index in [0.717, 1.165) is 25.9 Å². The first kappa shape index (κ1) is 20.8. The lowest BCUT2D eigenvalue weighted by atomic mass is 9.81. The van der Waals surface area contributed by atoms with Crippen LogP contribution in [0.15, 0.2) is 48.5 Å². The van der Waals surface area contributed by atoms with Gasteiger partial charge in [0, 0.05) is 6.54 Å². The number of para-hydroxylation sites is 2. The predicted octanol–water partition coefficient (Wildman–Crippen LogP) is 2.96. The van der Waals surface area contributed by atoms with E-state index in [2.05, 4.69) is 22.9 Å². The van der Waals surface area contributed by atoms with Crippen molar-refractivity contribution in [2.75, 3.05) is 31.6 Å². The van der Waals surface area contributed by atoms with Gasteiger partial charge in [-0.1, -0.05) is 31.2 Å². The van der Waals surface area contributed by atoms with Crippen LogP contribution >= 0.6 is 0 Å². The third kappa shape index (κ3) is 5.77. The predicted molar refractivity (Wildman–Crippen MR) is 110 cm³/mol. The molecule has 2 aromatic carbocycles. The highest BCUT2D eigenvalue weighted by Crippen LogP contribution is 2.27. The van der Waals surface area contributed by atoms with Crippen molar-refractivity contribution in [3.8, 4) is 5.75 Å². The summed E-state index contributed by atoms with van der Waals surface area (Å²) in [6.45, 7) is 4.31. The van der Waals surface area contributed by atoms with Crippen LogP contribution in [0, 0.1) is 11.2 Å². The zero-order chi connectivity index (χ0) is 20.7. The zero-order valence-corrected chi connectivity index (χ0v) is 16.5. The molecule has 0 spiro atoms. The third-order valence-corrected chi connectivity index (χ3v) is 5.12. The van der Waals surface area contributed by atoms with Gasteiger partial charge in [0.15, 0.2) is 6.61 Å². The Hall–Kier alpha value is -2.93. The highest BCUT2D eigenvalue weighted by atomic mass is 19.1. The van der Waals surface area contributed by atoms with E-state index in [9.17, 15) is 14.0 Å². The molecule has 1 fully saturated rings. The van der Waals surface area contributed by atoms with E-state index >= 15 is 0 Å². The summed E-state index contributed by atoms with van der Waals surface area (Å²) in [4.78, 5) is 24.8. The summed E-state index contributed by atoms with van der Waals surface area (Å²) < 4.78 is 19.2. The Morgan fingerprint density at radius 2 is 1.79 bits per heavy atom. The lowest BCUT2D eigenvalue weighted by Crippen LogP contribution is -2.43. The molecular formula is C22H26FN3O3. The van der Waals surface area contributed by atoms with Gasteiger partial charge in [-0.2, -0.15) is 0 Å². The molecule has 29 heavy (non-hydrogen) atoms. The minimum Gasteiger partial charge on any atom is -0.483 e. The lowest BCUT2D eigenvalue weighted by Gasteiger charge is -2.34. The van der Waals surface area contributed by atoms with E-state index in [-0.39, 0.29) is 23.6 Å². The molecule has 0 aliphatic carbocycles. The fourth-order valence-corrected chi connectivity index (χ4v) is 3.27. The average molecular weight is 399 g/mol. The maximum Gasteiger partial charge on any atom is 0.262 e. The SMILES string of the molecule is CC1(CNC(=O)c2ccccc2OCC(=O)Nc2ccccc2F)CCNCC1. The summed E-state index contributed by atoms with van der Waals surface area (Å²) in [5.41, 5.74) is 0.516. The number of carbonyl (C=O) groups excluding carboxylic acids is 2. The van der Waals surface area contributed by atoms with Gasteiger partial charge in [-0.05, 0) is 55.6 Å². The van der Waals surface area contributed by atoms with E-state index in [4.69, 9.17) is 4.74 Å². The molecule has 0 radical (unpaired) electrons.